The summed E-state index contributed by atoms with van der Waals surface area (Å²) in [5.74, 6) is 1.98. The molecule has 5 nitrogen and oxygen atoms in total. The van der Waals surface area contributed by atoms with Crippen LogP contribution in [-0.2, 0) is 13.0 Å². The Labute approximate surface area is 201 Å². The minimum absolute atomic E-state index is 0.0271. The van der Waals surface area contributed by atoms with Crippen molar-refractivity contribution in [2.24, 2.45) is 0 Å². The number of nitrogens with one attached hydrogen (secondary N) is 1. The van der Waals surface area contributed by atoms with Crippen molar-refractivity contribution in [2.45, 2.75) is 46.6 Å². The van der Waals surface area contributed by atoms with Crippen LogP contribution in [0.2, 0.25) is 0 Å². The number of para-hydroxylation sites is 2. The van der Waals surface area contributed by atoms with E-state index in [0.29, 0.717) is 18.7 Å². The van der Waals surface area contributed by atoms with E-state index >= 15 is 0 Å². The van der Waals surface area contributed by atoms with Gasteiger partial charge in [-0.25, -0.2) is 4.98 Å². The fraction of sp³-hybridized carbons (Fsp3) is 0.310. The number of aryl methyl sites for hydroxylation is 5. The van der Waals surface area contributed by atoms with Crippen LogP contribution in [0.5, 0.6) is 5.75 Å². The summed E-state index contributed by atoms with van der Waals surface area (Å²) in [6.07, 6.45) is 2.53. The van der Waals surface area contributed by atoms with Crippen molar-refractivity contribution in [3.8, 4) is 5.75 Å². The van der Waals surface area contributed by atoms with Gasteiger partial charge in [0, 0.05) is 25.1 Å². The lowest BCUT2D eigenvalue weighted by Crippen LogP contribution is -2.25. The van der Waals surface area contributed by atoms with Gasteiger partial charge in [0.05, 0.1) is 17.6 Å². The normalized spacial score (nSPS) is 11.0. The van der Waals surface area contributed by atoms with Gasteiger partial charge in [0.25, 0.3) is 5.91 Å². The Kier molecular flexibility index (Phi) is 7.63. The first-order valence-corrected chi connectivity index (χ1v) is 12.0. The number of imidazole rings is 1. The topological polar surface area (TPSA) is 56.2 Å². The standard InChI is InChI=1S/C29H33N3O2/c1-21-9-6-10-24(20-21)29(33)30-16-7-13-28-31-25-11-4-5-12-26(25)32(28)17-8-18-34-27-15-14-22(2)19-23(27)3/h4-6,9-12,14-15,19-20H,7-8,13,16-18H2,1-3H3,(H,30,33). The maximum Gasteiger partial charge on any atom is 0.251 e. The van der Waals surface area contributed by atoms with E-state index in [9.17, 15) is 4.79 Å². The number of hydrogen-bond acceptors (Lipinski definition) is 3. The molecule has 34 heavy (non-hydrogen) atoms. The molecule has 0 atom stereocenters. The molecule has 1 aromatic heterocycles. The van der Waals surface area contributed by atoms with Crippen LogP contribution in [0.1, 0.15) is 45.7 Å². The fourth-order valence-electron chi connectivity index (χ4n) is 4.27. The molecule has 4 aromatic rings. The van der Waals surface area contributed by atoms with Crippen molar-refractivity contribution in [3.63, 3.8) is 0 Å². The zero-order valence-electron chi connectivity index (χ0n) is 20.3. The number of fused-ring (bicyclic) bond motifs is 1. The molecule has 1 N–H and O–H groups in total. The van der Waals surface area contributed by atoms with E-state index < -0.39 is 0 Å². The maximum atomic E-state index is 12.4. The van der Waals surface area contributed by atoms with Gasteiger partial charge in [0.2, 0.25) is 0 Å². The van der Waals surface area contributed by atoms with Crippen LogP contribution in [-0.4, -0.2) is 28.6 Å². The molecular weight excluding hydrogens is 422 g/mol. The van der Waals surface area contributed by atoms with E-state index in [2.05, 4.69) is 54.1 Å². The molecule has 4 rings (SSSR count). The average molecular weight is 456 g/mol. The second-order valence-electron chi connectivity index (χ2n) is 8.87. The largest absolute Gasteiger partial charge is 0.493 e. The smallest absolute Gasteiger partial charge is 0.251 e. The van der Waals surface area contributed by atoms with Gasteiger partial charge in [-0.1, -0.05) is 47.5 Å². The monoisotopic (exact) mass is 455 g/mol. The molecule has 0 aliphatic rings. The molecule has 0 fully saturated rings. The number of rotatable bonds is 10. The second kappa shape index (κ2) is 11.0. The summed E-state index contributed by atoms with van der Waals surface area (Å²) in [6.45, 7) is 8.29. The predicted octanol–water partition coefficient (Wildman–Crippen LogP) is 5.79. The van der Waals surface area contributed by atoms with E-state index in [-0.39, 0.29) is 5.91 Å². The molecule has 1 amide bonds. The summed E-state index contributed by atoms with van der Waals surface area (Å²) >= 11 is 0. The molecule has 0 unspecified atom stereocenters. The number of ether oxygens (including phenoxy) is 1. The number of aromatic nitrogens is 2. The number of carbonyl (C=O) groups is 1. The van der Waals surface area contributed by atoms with E-state index in [1.54, 1.807) is 0 Å². The van der Waals surface area contributed by atoms with Crippen LogP contribution in [0, 0.1) is 20.8 Å². The van der Waals surface area contributed by atoms with Crippen molar-refractivity contribution in [2.75, 3.05) is 13.2 Å². The minimum Gasteiger partial charge on any atom is -0.493 e. The summed E-state index contributed by atoms with van der Waals surface area (Å²) < 4.78 is 8.33. The number of benzene rings is 3. The molecule has 0 spiro atoms. The SMILES string of the molecule is Cc1cccc(C(=O)NCCCc2nc3ccccc3n2CCCOc2ccc(C)cc2C)c1. The van der Waals surface area contributed by atoms with Crippen LogP contribution < -0.4 is 10.1 Å². The average Bonchev–Trinajstić information content (AvgIpc) is 3.18. The van der Waals surface area contributed by atoms with Gasteiger partial charge in [0.1, 0.15) is 11.6 Å². The highest BCUT2D eigenvalue weighted by atomic mass is 16.5. The third-order valence-corrected chi connectivity index (χ3v) is 5.99. The van der Waals surface area contributed by atoms with Crippen molar-refractivity contribution in [1.29, 1.82) is 0 Å². The highest BCUT2D eigenvalue weighted by Gasteiger charge is 2.11. The molecule has 0 aliphatic heterocycles. The van der Waals surface area contributed by atoms with Crippen LogP contribution in [0.4, 0.5) is 0 Å². The number of carbonyl (C=O) groups excluding carboxylic acids is 1. The Morgan fingerprint density at radius 3 is 2.59 bits per heavy atom. The minimum atomic E-state index is -0.0271. The summed E-state index contributed by atoms with van der Waals surface area (Å²) in [4.78, 5) is 17.3. The Morgan fingerprint density at radius 2 is 1.76 bits per heavy atom. The first-order chi connectivity index (χ1) is 16.5. The third-order valence-electron chi connectivity index (χ3n) is 5.99. The van der Waals surface area contributed by atoms with Gasteiger partial charge in [-0.15, -0.1) is 0 Å². The van der Waals surface area contributed by atoms with Crippen LogP contribution in [0.3, 0.4) is 0 Å². The molecule has 0 bridgehead atoms. The Morgan fingerprint density at radius 1 is 0.941 bits per heavy atom. The quantitative estimate of drug-likeness (QED) is 0.308. The highest BCUT2D eigenvalue weighted by molar-refractivity contribution is 5.94. The first-order valence-electron chi connectivity index (χ1n) is 12.0. The van der Waals surface area contributed by atoms with E-state index in [1.807, 2.05) is 43.3 Å². The van der Waals surface area contributed by atoms with Crippen molar-refractivity contribution in [3.05, 3.63) is 94.8 Å². The Bertz CT molecular complexity index is 1280. The van der Waals surface area contributed by atoms with Gasteiger partial charge in [-0.2, -0.15) is 0 Å². The molecule has 0 radical (unpaired) electrons. The molecule has 0 saturated heterocycles. The second-order valence-corrected chi connectivity index (χ2v) is 8.87. The summed E-state index contributed by atoms with van der Waals surface area (Å²) in [7, 11) is 0. The lowest BCUT2D eigenvalue weighted by atomic mass is 10.1. The van der Waals surface area contributed by atoms with E-state index in [4.69, 9.17) is 9.72 Å². The zero-order valence-corrected chi connectivity index (χ0v) is 20.3. The molecule has 176 valence electrons. The number of nitrogens with zero attached hydrogens (tertiary/aromatic N) is 2. The van der Waals surface area contributed by atoms with Gasteiger partial charge in [0.15, 0.2) is 0 Å². The van der Waals surface area contributed by atoms with Gasteiger partial charge in [-0.3, -0.25) is 4.79 Å². The van der Waals surface area contributed by atoms with Crippen LogP contribution in [0.25, 0.3) is 11.0 Å². The van der Waals surface area contributed by atoms with Crippen LogP contribution in [0.15, 0.2) is 66.7 Å². The molecule has 3 aromatic carbocycles. The number of hydrogen-bond donors (Lipinski definition) is 1. The molecule has 0 aliphatic carbocycles. The maximum absolute atomic E-state index is 12.4. The molecule has 5 heteroatoms. The number of amides is 1. The fourth-order valence-corrected chi connectivity index (χ4v) is 4.27. The van der Waals surface area contributed by atoms with Crippen molar-refractivity contribution in [1.82, 2.24) is 14.9 Å². The molecule has 0 saturated carbocycles. The van der Waals surface area contributed by atoms with Crippen molar-refractivity contribution >= 4 is 16.9 Å². The Balaban J connectivity index is 1.33. The Hall–Kier alpha value is -3.60. The van der Waals surface area contributed by atoms with Gasteiger partial charge in [-0.05, 0) is 69.5 Å². The van der Waals surface area contributed by atoms with Crippen molar-refractivity contribution < 1.29 is 9.53 Å². The molecular formula is C29H33N3O2. The first kappa shape index (κ1) is 23.6. The summed E-state index contributed by atoms with van der Waals surface area (Å²) in [6, 6.07) is 22.2. The summed E-state index contributed by atoms with van der Waals surface area (Å²) in [5.41, 5.74) is 6.36. The van der Waals surface area contributed by atoms with E-state index in [0.717, 1.165) is 54.0 Å². The summed E-state index contributed by atoms with van der Waals surface area (Å²) in [5, 5.41) is 3.03. The highest BCUT2D eigenvalue weighted by Crippen LogP contribution is 2.20. The zero-order chi connectivity index (χ0) is 23.9. The van der Waals surface area contributed by atoms with Gasteiger partial charge >= 0.3 is 0 Å². The lowest BCUT2D eigenvalue weighted by molar-refractivity contribution is 0.0953. The van der Waals surface area contributed by atoms with Crippen LogP contribution >= 0.6 is 0 Å². The van der Waals surface area contributed by atoms with Gasteiger partial charge < -0.3 is 14.6 Å². The lowest BCUT2D eigenvalue weighted by Gasteiger charge is -2.12. The predicted molar refractivity (Wildman–Crippen MR) is 138 cm³/mol. The third kappa shape index (κ3) is 5.84. The molecule has 1 heterocycles. The van der Waals surface area contributed by atoms with E-state index in [1.165, 1.54) is 11.1 Å².